The fraction of sp³-hybridized carbons (Fsp3) is 0.533. The number of benzene rings is 1. The lowest BCUT2D eigenvalue weighted by Crippen LogP contribution is -2.37. The van der Waals surface area contributed by atoms with E-state index in [0.29, 0.717) is 6.42 Å². The van der Waals surface area contributed by atoms with Crippen LogP contribution in [0.1, 0.15) is 24.8 Å². The van der Waals surface area contributed by atoms with Gasteiger partial charge >= 0.3 is 5.97 Å². The van der Waals surface area contributed by atoms with Crippen molar-refractivity contribution in [2.45, 2.75) is 31.7 Å². The second-order valence-corrected chi connectivity index (χ2v) is 8.29. The Balaban J connectivity index is 2.35. The molecule has 0 spiro atoms. The number of nitrogens with one attached hydrogen (secondary N) is 1. The molecular formula is C15H18ClF2NO4S. The highest BCUT2D eigenvalue weighted by Gasteiger charge is 2.47. The van der Waals surface area contributed by atoms with E-state index in [9.17, 15) is 22.0 Å². The van der Waals surface area contributed by atoms with Gasteiger partial charge < -0.3 is 4.74 Å². The molecule has 1 aliphatic carbocycles. The van der Waals surface area contributed by atoms with Crippen molar-refractivity contribution in [3.63, 3.8) is 0 Å². The van der Waals surface area contributed by atoms with Gasteiger partial charge in [-0.1, -0.05) is 11.6 Å². The van der Waals surface area contributed by atoms with Gasteiger partial charge in [0.05, 0.1) is 23.8 Å². The Bertz CT molecular complexity index is 756. The SMILES string of the molecule is COC(=O)[C@@]1(Cc2c(F)ccc(Cl)c2F)CC[C@H](NS(C)(=O)=O)C1. The molecule has 0 saturated heterocycles. The fourth-order valence-corrected chi connectivity index (χ4v) is 4.22. The van der Waals surface area contributed by atoms with E-state index >= 15 is 0 Å². The van der Waals surface area contributed by atoms with Gasteiger partial charge in [-0.3, -0.25) is 4.79 Å². The zero-order valence-electron chi connectivity index (χ0n) is 13.2. The third-order valence-corrected chi connectivity index (χ3v) is 5.32. The number of halogens is 3. The minimum atomic E-state index is -3.46. The first kappa shape index (κ1) is 19.1. The first-order chi connectivity index (χ1) is 11.1. The zero-order chi connectivity index (χ0) is 18.1. The van der Waals surface area contributed by atoms with Crippen LogP contribution in [0.3, 0.4) is 0 Å². The Hall–Kier alpha value is -1.25. The van der Waals surface area contributed by atoms with Crippen LogP contribution in [0.5, 0.6) is 0 Å². The molecule has 9 heteroatoms. The van der Waals surface area contributed by atoms with Crippen molar-refractivity contribution in [1.29, 1.82) is 0 Å². The summed E-state index contributed by atoms with van der Waals surface area (Å²) in [4.78, 5) is 12.3. The van der Waals surface area contributed by atoms with Gasteiger partial charge in [-0.2, -0.15) is 0 Å². The number of carbonyl (C=O) groups excluding carboxylic acids is 1. The van der Waals surface area contributed by atoms with E-state index in [0.717, 1.165) is 18.4 Å². The van der Waals surface area contributed by atoms with Crippen molar-refractivity contribution in [2.75, 3.05) is 13.4 Å². The maximum Gasteiger partial charge on any atom is 0.312 e. The predicted octanol–water partition coefficient (Wildman–Crippen LogP) is 2.42. The van der Waals surface area contributed by atoms with Crippen molar-refractivity contribution in [2.24, 2.45) is 5.41 Å². The summed E-state index contributed by atoms with van der Waals surface area (Å²) < 4.78 is 58.2. The van der Waals surface area contributed by atoms with Crippen LogP contribution in [-0.4, -0.2) is 33.8 Å². The van der Waals surface area contributed by atoms with Gasteiger partial charge in [0, 0.05) is 11.6 Å². The Morgan fingerprint density at radius 2 is 2.12 bits per heavy atom. The van der Waals surface area contributed by atoms with Crippen molar-refractivity contribution >= 4 is 27.6 Å². The molecule has 24 heavy (non-hydrogen) atoms. The lowest BCUT2D eigenvalue weighted by molar-refractivity contribution is -0.152. The topological polar surface area (TPSA) is 72.5 Å². The quantitative estimate of drug-likeness (QED) is 0.628. The number of hydrogen-bond donors (Lipinski definition) is 1. The van der Waals surface area contributed by atoms with E-state index in [1.54, 1.807) is 0 Å². The lowest BCUT2D eigenvalue weighted by atomic mass is 9.79. The van der Waals surface area contributed by atoms with Gasteiger partial charge in [0.25, 0.3) is 0 Å². The Morgan fingerprint density at radius 1 is 1.46 bits per heavy atom. The molecular weight excluding hydrogens is 364 g/mol. The number of sulfonamides is 1. The molecule has 0 unspecified atom stereocenters. The molecule has 2 rings (SSSR count). The highest BCUT2D eigenvalue weighted by Crippen LogP contribution is 2.43. The summed E-state index contributed by atoms with van der Waals surface area (Å²) in [7, 11) is -2.27. The summed E-state index contributed by atoms with van der Waals surface area (Å²) in [5.41, 5.74) is -1.50. The van der Waals surface area contributed by atoms with E-state index in [2.05, 4.69) is 4.72 Å². The third kappa shape index (κ3) is 4.04. The van der Waals surface area contributed by atoms with Crippen LogP contribution in [0.2, 0.25) is 5.02 Å². The van der Waals surface area contributed by atoms with Gasteiger partial charge in [0.15, 0.2) is 0 Å². The highest BCUT2D eigenvalue weighted by molar-refractivity contribution is 7.88. The molecule has 1 aromatic rings. The van der Waals surface area contributed by atoms with Crippen LogP contribution >= 0.6 is 11.6 Å². The van der Waals surface area contributed by atoms with Crippen molar-refractivity contribution in [1.82, 2.24) is 4.72 Å². The first-order valence-corrected chi connectivity index (χ1v) is 9.53. The van der Waals surface area contributed by atoms with Crippen molar-refractivity contribution < 1.29 is 26.7 Å². The van der Waals surface area contributed by atoms with E-state index in [-0.39, 0.29) is 29.8 Å². The molecule has 0 radical (unpaired) electrons. The van der Waals surface area contributed by atoms with Gasteiger partial charge in [0.2, 0.25) is 10.0 Å². The monoisotopic (exact) mass is 381 g/mol. The van der Waals surface area contributed by atoms with Gasteiger partial charge in [0.1, 0.15) is 11.6 Å². The number of carbonyl (C=O) groups is 1. The molecule has 1 saturated carbocycles. The normalized spacial score (nSPS) is 24.1. The maximum absolute atomic E-state index is 14.2. The minimum absolute atomic E-state index is 0.0954. The van der Waals surface area contributed by atoms with E-state index in [1.807, 2.05) is 0 Å². The summed E-state index contributed by atoms with van der Waals surface area (Å²) in [5, 5.41) is -0.241. The van der Waals surface area contributed by atoms with Gasteiger partial charge in [-0.15, -0.1) is 0 Å². The Kier molecular flexibility index (Phi) is 5.51. The predicted molar refractivity (Wildman–Crippen MR) is 85.1 cm³/mol. The molecule has 0 heterocycles. The summed E-state index contributed by atoms with van der Waals surface area (Å²) in [6.07, 6.45) is 1.48. The smallest absolute Gasteiger partial charge is 0.312 e. The van der Waals surface area contributed by atoms with Crippen LogP contribution in [-0.2, 0) is 26.0 Å². The van der Waals surface area contributed by atoms with Crippen LogP contribution in [0.15, 0.2) is 12.1 Å². The summed E-state index contributed by atoms with van der Waals surface area (Å²) in [5.74, 6) is -2.35. The molecule has 5 nitrogen and oxygen atoms in total. The largest absolute Gasteiger partial charge is 0.469 e. The van der Waals surface area contributed by atoms with E-state index in [1.165, 1.54) is 7.11 Å². The second-order valence-electron chi connectivity index (χ2n) is 6.10. The number of hydrogen-bond acceptors (Lipinski definition) is 4. The molecule has 2 atom stereocenters. The molecule has 134 valence electrons. The average Bonchev–Trinajstić information content (AvgIpc) is 2.89. The molecule has 1 aromatic carbocycles. The van der Waals surface area contributed by atoms with E-state index < -0.39 is 39.1 Å². The summed E-state index contributed by atoms with van der Waals surface area (Å²) in [6, 6.07) is 1.64. The number of methoxy groups -OCH3 is 1. The number of rotatable bonds is 5. The highest BCUT2D eigenvalue weighted by atomic mass is 35.5. The average molecular weight is 382 g/mol. The number of esters is 1. The van der Waals surface area contributed by atoms with Gasteiger partial charge in [-0.25, -0.2) is 21.9 Å². The molecule has 0 aromatic heterocycles. The fourth-order valence-electron chi connectivity index (χ4n) is 3.23. The van der Waals surface area contributed by atoms with Crippen LogP contribution in [0, 0.1) is 17.0 Å². The Morgan fingerprint density at radius 3 is 2.71 bits per heavy atom. The first-order valence-electron chi connectivity index (χ1n) is 7.26. The lowest BCUT2D eigenvalue weighted by Gasteiger charge is -2.27. The standard InChI is InChI=1S/C15H18ClF2NO4S/c1-23-14(20)15(6-5-9(7-15)19-24(2,21)22)8-10-12(17)4-3-11(16)13(10)18/h3-4,9,19H,5-8H2,1-2H3/t9-,15-/m0/s1. The Labute approximate surface area is 144 Å². The molecule has 0 aliphatic heterocycles. The van der Waals surface area contributed by atoms with E-state index in [4.69, 9.17) is 16.3 Å². The molecule has 0 bridgehead atoms. The molecule has 1 N–H and O–H groups in total. The molecule has 1 aliphatic rings. The zero-order valence-corrected chi connectivity index (χ0v) is 14.8. The molecule has 0 amide bonds. The summed E-state index contributed by atoms with van der Waals surface area (Å²) in [6.45, 7) is 0. The van der Waals surface area contributed by atoms with Crippen molar-refractivity contribution in [3.8, 4) is 0 Å². The van der Waals surface area contributed by atoms with Gasteiger partial charge in [-0.05, 0) is 37.8 Å². The third-order valence-electron chi connectivity index (χ3n) is 4.26. The second kappa shape index (κ2) is 6.93. The van der Waals surface area contributed by atoms with Crippen LogP contribution in [0.25, 0.3) is 0 Å². The summed E-state index contributed by atoms with van der Waals surface area (Å²) >= 11 is 5.70. The molecule has 1 fully saturated rings. The van der Waals surface area contributed by atoms with Crippen LogP contribution in [0.4, 0.5) is 8.78 Å². The van der Waals surface area contributed by atoms with Crippen molar-refractivity contribution in [3.05, 3.63) is 34.4 Å². The number of ether oxygens (including phenoxy) is 1. The maximum atomic E-state index is 14.2. The van der Waals surface area contributed by atoms with Crippen LogP contribution < -0.4 is 4.72 Å². The minimum Gasteiger partial charge on any atom is -0.469 e.